The summed E-state index contributed by atoms with van der Waals surface area (Å²) in [5, 5.41) is 86.4. The molecule has 1 saturated heterocycles. The maximum absolute atomic E-state index is 12.3. The zero-order valence-corrected chi connectivity index (χ0v) is 29.5. The molecular weight excluding hydrogens is 608 g/mol. The van der Waals surface area contributed by atoms with Crippen LogP contribution in [0.3, 0.4) is 0 Å². The van der Waals surface area contributed by atoms with Gasteiger partial charge in [0.1, 0.15) is 30.0 Å². The van der Waals surface area contributed by atoms with Gasteiger partial charge in [0.25, 0.3) is 0 Å². The summed E-state index contributed by atoms with van der Waals surface area (Å²) in [4.78, 5) is 4.61. The van der Waals surface area contributed by atoms with Crippen LogP contribution in [0.4, 0.5) is 0 Å². The van der Waals surface area contributed by atoms with Crippen LogP contribution < -0.4 is 0 Å². The van der Waals surface area contributed by atoms with Crippen molar-refractivity contribution >= 4 is 0 Å². The Balaban J connectivity index is 1.52. The van der Waals surface area contributed by atoms with Crippen molar-refractivity contribution in [2.24, 2.45) is 45.3 Å². The number of hydrogen-bond acceptors (Lipinski definition) is 11. The average molecular weight is 671 g/mol. The molecule has 11 heteroatoms. The molecule has 5 aliphatic rings. The number of hydrogen-bond donors (Lipinski definition) is 8. The molecule has 16 atom stereocenters. The van der Waals surface area contributed by atoms with Gasteiger partial charge in [0.05, 0.1) is 30.5 Å². The highest BCUT2D eigenvalue weighted by molar-refractivity contribution is 5.22. The molecule has 0 radical (unpaired) electrons. The van der Waals surface area contributed by atoms with Gasteiger partial charge in [0, 0.05) is 0 Å². The van der Waals surface area contributed by atoms with E-state index < -0.39 is 77.7 Å². The molecule has 5 fully saturated rings. The quantitative estimate of drug-likeness (QED) is 0.108. The topological polar surface area (TPSA) is 190 Å². The molecule has 5 rings (SSSR count). The maximum atomic E-state index is 12.3. The van der Waals surface area contributed by atoms with Crippen molar-refractivity contribution in [1.29, 1.82) is 0 Å². The smallest absolute Gasteiger partial charge is 0.187 e. The molecule has 8 N–H and O–H groups in total. The number of rotatable bonds is 8. The predicted octanol–water partition coefficient (Wildman–Crippen LogP) is 2.76. The summed E-state index contributed by atoms with van der Waals surface area (Å²) in [6.45, 7) is 15.7. The lowest BCUT2D eigenvalue weighted by Crippen LogP contribution is -2.70. The standard InChI is InChI=1S/C36H62O11/c1-31(2,47-44)12-9-13-36(8,46-30-28(43)27(42)26(41)22(18-37)45-30)19-10-15-34(6)25(19)20(38)16-23-33(5)14-11-24(40)32(3,4)29(33)21(39)17-35(23,34)7/h9,12,19-30,37-44H,10-11,13-18H2,1-8H3/b12-9+. The Bertz CT molecular complexity index is 1160. The molecule has 1 heterocycles. The van der Waals surface area contributed by atoms with Crippen LogP contribution in [0.5, 0.6) is 0 Å². The van der Waals surface area contributed by atoms with Gasteiger partial charge in [0.2, 0.25) is 0 Å². The minimum atomic E-state index is -1.60. The second kappa shape index (κ2) is 12.5. The summed E-state index contributed by atoms with van der Waals surface area (Å²) in [5.74, 6) is -0.486. The lowest BCUT2D eigenvalue weighted by molar-refractivity contribution is -0.335. The molecule has 1 aliphatic heterocycles. The van der Waals surface area contributed by atoms with E-state index in [0.717, 1.165) is 12.8 Å². The molecule has 4 saturated carbocycles. The second-order valence-corrected chi connectivity index (χ2v) is 17.9. The summed E-state index contributed by atoms with van der Waals surface area (Å²) >= 11 is 0. The second-order valence-electron chi connectivity index (χ2n) is 17.9. The number of ether oxygens (including phenoxy) is 2. The van der Waals surface area contributed by atoms with E-state index in [2.05, 4.69) is 39.5 Å². The molecule has 0 aromatic heterocycles. The molecular formula is C36H62O11. The average Bonchev–Trinajstić information content (AvgIpc) is 3.37. The van der Waals surface area contributed by atoms with Crippen LogP contribution in [0.1, 0.15) is 100 Å². The number of aliphatic hydroxyl groups excluding tert-OH is 7. The Kier molecular flexibility index (Phi) is 10.00. The normalized spacial score (nSPS) is 51.2. The lowest BCUT2D eigenvalue weighted by Gasteiger charge is -2.71. The molecule has 16 unspecified atom stereocenters. The summed E-state index contributed by atoms with van der Waals surface area (Å²) in [6.07, 6.45) is -1.18. The van der Waals surface area contributed by atoms with Crippen molar-refractivity contribution in [3.05, 3.63) is 12.2 Å². The first-order chi connectivity index (χ1) is 21.6. The van der Waals surface area contributed by atoms with E-state index in [1.165, 1.54) is 0 Å². The van der Waals surface area contributed by atoms with Crippen LogP contribution in [0.25, 0.3) is 0 Å². The van der Waals surface area contributed by atoms with Crippen molar-refractivity contribution in [2.75, 3.05) is 6.61 Å². The van der Waals surface area contributed by atoms with E-state index in [0.29, 0.717) is 25.7 Å². The molecule has 11 nitrogen and oxygen atoms in total. The first-order valence-corrected chi connectivity index (χ1v) is 17.7. The Morgan fingerprint density at radius 3 is 2.13 bits per heavy atom. The fourth-order valence-corrected chi connectivity index (χ4v) is 11.9. The van der Waals surface area contributed by atoms with E-state index >= 15 is 0 Å². The first kappa shape index (κ1) is 37.6. The first-order valence-electron chi connectivity index (χ1n) is 17.7. The van der Waals surface area contributed by atoms with Crippen LogP contribution >= 0.6 is 0 Å². The van der Waals surface area contributed by atoms with Gasteiger partial charge in [-0.25, -0.2) is 4.89 Å². The molecule has 0 spiro atoms. The van der Waals surface area contributed by atoms with Gasteiger partial charge in [0.15, 0.2) is 6.29 Å². The molecule has 47 heavy (non-hydrogen) atoms. The number of fused-ring (bicyclic) bond motifs is 5. The molecule has 4 aliphatic carbocycles. The molecule has 0 aromatic carbocycles. The molecule has 0 bridgehead atoms. The van der Waals surface area contributed by atoms with Gasteiger partial charge in [-0.2, -0.15) is 0 Å². The Hall–Kier alpha value is -0.700. The largest absolute Gasteiger partial charge is 0.394 e. The van der Waals surface area contributed by atoms with Crippen LogP contribution in [-0.4, -0.2) is 108 Å². The van der Waals surface area contributed by atoms with E-state index in [9.17, 15) is 41.0 Å². The Labute approximate surface area is 279 Å². The predicted molar refractivity (Wildman–Crippen MR) is 173 cm³/mol. The van der Waals surface area contributed by atoms with Gasteiger partial charge < -0.3 is 45.2 Å². The maximum Gasteiger partial charge on any atom is 0.187 e. The van der Waals surface area contributed by atoms with Gasteiger partial charge in [-0.15, -0.1) is 0 Å². The summed E-state index contributed by atoms with van der Waals surface area (Å²) in [5.41, 5.74) is -3.53. The minimum absolute atomic E-state index is 0.108. The zero-order chi connectivity index (χ0) is 35.1. The molecule has 0 aromatic rings. The van der Waals surface area contributed by atoms with Gasteiger partial charge in [-0.3, -0.25) is 5.26 Å². The van der Waals surface area contributed by atoms with Crippen molar-refractivity contribution in [3.8, 4) is 0 Å². The van der Waals surface area contributed by atoms with E-state index in [1.807, 2.05) is 13.0 Å². The summed E-state index contributed by atoms with van der Waals surface area (Å²) in [7, 11) is 0. The Morgan fingerprint density at radius 2 is 1.51 bits per heavy atom. The fraction of sp³-hybridized carbons (Fsp3) is 0.944. The van der Waals surface area contributed by atoms with Crippen molar-refractivity contribution in [3.63, 3.8) is 0 Å². The van der Waals surface area contributed by atoms with Crippen LogP contribution in [0.2, 0.25) is 0 Å². The third kappa shape index (κ3) is 5.77. The van der Waals surface area contributed by atoms with Gasteiger partial charge in [-0.05, 0) is 111 Å². The van der Waals surface area contributed by atoms with E-state index in [-0.39, 0.29) is 40.9 Å². The van der Waals surface area contributed by atoms with E-state index in [1.54, 1.807) is 19.9 Å². The van der Waals surface area contributed by atoms with Crippen LogP contribution in [-0.2, 0) is 14.4 Å². The highest BCUT2D eigenvalue weighted by Crippen LogP contribution is 2.76. The zero-order valence-electron chi connectivity index (χ0n) is 29.5. The number of aliphatic hydroxyl groups is 7. The van der Waals surface area contributed by atoms with Crippen molar-refractivity contribution in [2.45, 2.75) is 161 Å². The third-order valence-electron chi connectivity index (χ3n) is 14.5. The summed E-state index contributed by atoms with van der Waals surface area (Å²) < 4.78 is 12.5. The summed E-state index contributed by atoms with van der Waals surface area (Å²) in [6, 6.07) is 0. The van der Waals surface area contributed by atoms with E-state index in [4.69, 9.17) is 9.47 Å². The third-order valence-corrected chi connectivity index (χ3v) is 14.5. The van der Waals surface area contributed by atoms with Crippen LogP contribution in [0, 0.1) is 45.3 Å². The highest BCUT2D eigenvalue weighted by Gasteiger charge is 2.73. The lowest BCUT2D eigenvalue weighted by atomic mass is 9.34. The fourth-order valence-electron chi connectivity index (χ4n) is 11.9. The SMILES string of the molecule is CC(C)(/C=C/CC(C)(OC1OC(CO)C(O)C(O)C1O)C1CCC2(C)C1C(O)CC1C3(C)CCC(O)C(C)(C)C3C(O)CC12C)OO. The highest BCUT2D eigenvalue weighted by atomic mass is 17.1. The minimum Gasteiger partial charge on any atom is -0.394 e. The van der Waals surface area contributed by atoms with Gasteiger partial charge >= 0.3 is 0 Å². The molecule has 272 valence electrons. The Morgan fingerprint density at radius 1 is 0.851 bits per heavy atom. The van der Waals surface area contributed by atoms with Crippen LogP contribution in [0.15, 0.2) is 12.2 Å². The molecule has 0 amide bonds. The van der Waals surface area contributed by atoms with Gasteiger partial charge in [-0.1, -0.05) is 46.8 Å². The van der Waals surface area contributed by atoms with Crippen molar-refractivity contribution < 1.29 is 55.4 Å². The van der Waals surface area contributed by atoms with Crippen molar-refractivity contribution in [1.82, 2.24) is 0 Å². The monoisotopic (exact) mass is 670 g/mol.